The third kappa shape index (κ3) is 16.7. The minimum absolute atomic E-state index is 0.0782. The third-order valence-corrected chi connectivity index (χ3v) is 29.3. The molecule has 0 atom stereocenters. The van der Waals surface area contributed by atoms with E-state index in [9.17, 15) is 0 Å². The normalized spacial score (nSPS) is 12.4. The number of rotatable bonds is 16. The highest BCUT2D eigenvalue weighted by molar-refractivity contribution is 6.11. The summed E-state index contributed by atoms with van der Waals surface area (Å²) in [6, 6.07) is 186. The summed E-state index contributed by atoms with van der Waals surface area (Å²) in [4.78, 5) is 32.6. The summed E-state index contributed by atoms with van der Waals surface area (Å²) >= 11 is 0. The van der Waals surface area contributed by atoms with Gasteiger partial charge in [0.1, 0.15) is 0 Å². The number of hydrogen-bond acceptors (Lipinski definition) is 7. The number of aromatic nitrogens is 7. The molecule has 2 aliphatic rings. The van der Waals surface area contributed by atoms with Crippen molar-refractivity contribution in [2.24, 2.45) is 0 Å². The molecular formula is C138H98N8. The van der Waals surface area contributed by atoms with E-state index < -0.39 is 0 Å². The van der Waals surface area contributed by atoms with Gasteiger partial charge in [-0.15, -0.1) is 0 Å². The fourth-order valence-electron chi connectivity index (χ4n) is 21.8. The van der Waals surface area contributed by atoms with Crippen LogP contribution in [0.25, 0.3) is 217 Å². The van der Waals surface area contributed by atoms with Crippen molar-refractivity contribution in [1.29, 1.82) is 0 Å². The van der Waals surface area contributed by atoms with Gasteiger partial charge in [0.05, 0.1) is 11.0 Å². The second-order valence-electron chi connectivity index (χ2n) is 38.8. The average molecular weight is 1870 g/mol. The smallest absolute Gasteiger partial charge is 0.164 e. The molecule has 3 aromatic heterocycles. The predicted molar refractivity (Wildman–Crippen MR) is 608 cm³/mol. The monoisotopic (exact) mass is 1870 g/mol. The zero-order valence-corrected chi connectivity index (χ0v) is 81.2. The van der Waals surface area contributed by atoms with Gasteiger partial charge in [-0.2, -0.15) is 0 Å². The lowest BCUT2D eigenvalue weighted by atomic mass is 9.81. The lowest BCUT2D eigenvalue weighted by molar-refractivity contribution is 0.660. The van der Waals surface area contributed by atoms with Gasteiger partial charge in [-0.3, -0.25) is 0 Å². The van der Waals surface area contributed by atoms with Crippen molar-refractivity contribution in [3.05, 3.63) is 544 Å². The fraction of sp³-hybridized carbons (Fsp3) is 0.0435. The number of benzene rings is 22. The lowest BCUT2D eigenvalue weighted by Gasteiger charge is -2.28. The van der Waals surface area contributed by atoms with Gasteiger partial charge in [0.2, 0.25) is 0 Å². The quantitative estimate of drug-likeness (QED) is 0.0953. The Morgan fingerprint density at radius 3 is 0.959 bits per heavy atom. The van der Waals surface area contributed by atoms with Crippen molar-refractivity contribution in [2.75, 3.05) is 4.90 Å². The van der Waals surface area contributed by atoms with Crippen LogP contribution in [0.2, 0.25) is 0 Å². The summed E-state index contributed by atoms with van der Waals surface area (Å²) in [5.41, 5.74) is 37.5. The molecule has 146 heavy (non-hydrogen) atoms. The van der Waals surface area contributed by atoms with Gasteiger partial charge < -0.3 is 9.47 Å². The molecule has 0 unspecified atom stereocenters. The van der Waals surface area contributed by atoms with Crippen molar-refractivity contribution in [2.45, 2.75) is 38.5 Å². The standard InChI is InChI=1S/C51H38N2.C45H29N3.C42H31N3/c1-51(2)47-19-11-9-17-43(47)44-31-30-42(34-48(44)51)52(40-26-21-36(22-27-40)35-13-5-3-6-14-35)41-28-23-37(24-29-41)38-25-32-50-46(33-38)45-18-10-12-20-49(45)53(50)39-15-7-4-8-16-39;1-4-16-37-30(10-1)13-7-19-39(37)33-22-26-35(27-23-33)43-46-44(48-45(47-43)42-21-9-15-32-12-3-6-18-41(32)42)36-28-24-34(25-29-36)40-20-8-14-31-11-2-5-17-38(31)40;1-42(2)37-21-13-12-20-35(37)36-23-22-31(27-38(36)42)33-24-32(28-14-6-3-7-15-28)25-34(26-33)41-44-39(29-16-8-4-9-17-29)43-40(45-41)30-18-10-5-11-19-30/h3-34H,1-2H3;1-29H;3-27H,1-2H3. The number of nitrogens with zero attached hydrogens (tertiary/aromatic N) is 8. The Kier molecular flexibility index (Phi) is 22.9. The molecule has 0 spiro atoms. The molecule has 22 aromatic carbocycles. The van der Waals surface area contributed by atoms with Crippen LogP contribution >= 0.6 is 0 Å². The first kappa shape index (κ1) is 88.7. The Bertz CT molecular complexity index is 9030. The maximum absolute atomic E-state index is 5.08. The van der Waals surface area contributed by atoms with Gasteiger partial charge in [-0.25, -0.2) is 29.9 Å². The minimum Gasteiger partial charge on any atom is -0.310 e. The van der Waals surface area contributed by atoms with Crippen LogP contribution in [0.5, 0.6) is 0 Å². The largest absolute Gasteiger partial charge is 0.310 e. The van der Waals surface area contributed by atoms with E-state index in [1.807, 2.05) is 60.7 Å². The van der Waals surface area contributed by atoms with Gasteiger partial charge >= 0.3 is 0 Å². The van der Waals surface area contributed by atoms with Crippen molar-refractivity contribution in [3.8, 4) is 163 Å². The van der Waals surface area contributed by atoms with Crippen molar-refractivity contribution in [1.82, 2.24) is 34.5 Å². The first-order chi connectivity index (χ1) is 71.9. The van der Waals surface area contributed by atoms with E-state index in [1.165, 1.54) is 132 Å². The van der Waals surface area contributed by atoms with E-state index in [1.54, 1.807) is 0 Å². The zero-order valence-electron chi connectivity index (χ0n) is 81.2. The van der Waals surface area contributed by atoms with Crippen LogP contribution in [0.15, 0.2) is 522 Å². The molecule has 25 aromatic rings. The first-order valence-electron chi connectivity index (χ1n) is 50.0. The topological polar surface area (TPSA) is 85.5 Å². The Hall–Kier alpha value is -18.8. The maximum Gasteiger partial charge on any atom is 0.164 e. The molecule has 2 aliphatic carbocycles. The van der Waals surface area contributed by atoms with Gasteiger partial charge in [0.15, 0.2) is 34.9 Å². The number of anilines is 3. The van der Waals surface area contributed by atoms with E-state index >= 15 is 0 Å². The summed E-state index contributed by atoms with van der Waals surface area (Å²) in [6.07, 6.45) is 0. The molecule has 0 N–H and O–H groups in total. The van der Waals surface area contributed by atoms with Crippen LogP contribution in [0.3, 0.4) is 0 Å². The number of fused-ring (bicyclic) bond motifs is 12. The summed E-state index contributed by atoms with van der Waals surface area (Å²) in [5.74, 6) is 3.90. The van der Waals surface area contributed by atoms with Crippen molar-refractivity contribution >= 4 is 71.2 Å². The molecule has 0 bridgehead atoms. The second-order valence-corrected chi connectivity index (χ2v) is 38.8. The third-order valence-electron chi connectivity index (χ3n) is 29.3. The highest BCUT2D eigenvalue weighted by atomic mass is 15.1. The molecular weight excluding hydrogens is 1770 g/mol. The molecule has 27 rings (SSSR count). The SMILES string of the molecule is CC1(C)c2ccccc2-c2ccc(-c3cc(-c4ccccc4)cc(-c4nc(-c5ccccc5)nc(-c5ccccc5)n4)c3)cc21.CC1(C)c2ccccc2-c2ccc(N(c3ccc(-c4ccccc4)cc3)c3ccc(-c4ccc5c(c4)c4ccccc4n5-c4ccccc4)cc3)cc21.c1ccc2c(-c3ccc(-c4nc(-c5ccc(-c6cccc7ccccc67)cc5)nc(-c5cccc6ccccc56)n4)cc3)cccc2c1. The highest BCUT2D eigenvalue weighted by Crippen LogP contribution is 2.54. The van der Waals surface area contributed by atoms with Gasteiger partial charge in [0, 0.05) is 77.7 Å². The molecule has 0 fully saturated rings. The van der Waals surface area contributed by atoms with Crippen LogP contribution in [0.4, 0.5) is 17.1 Å². The van der Waals surface area contributed by atoms with E-state index in [0.717, 1.165) is 89.0 Å². The van der Waals surface area contributed by atoms with E-state index in [0.29, 0.717) is 34.9 Å². The zero-order chi connectivity index (χ0) is 97.8. The summed E-state index contributed by atoms with van der Waals surface area (Å²) in [5, 5.41) is 9.71. The average Bonchev–Trinajstić information content (AvgIpc) is 1.58. The summed E-state index contributed by atoms with van der Waals surface area (Å²) in [7, 11) is 0. The highest BCUT2D eigenvalue weighted by Gasteiger charge is 2.38. The number of para-hydroxylation sites is 2. The molecule has 0 aliphatic heterocycles. The van der Waals surface area contributed by atoms with E-state index in [2.05, 4.69) is 498 Å². The molecule has 0 saturated carbocycles. The fourth-order valence-corrected chi connectivity index (χ4v) is 21.8. The van der Waals surface area contributed by atoms with Crippen LogP contribution < -0.4 is 4.90 Å². The molecule has 3 heterocycles. The molecule has 0 amide bonds. The molecule has 8 nitrogen and oxygen atoms in total. The van der Waals surface area contributed by atoms with Gasteiger partial charge in [-0.1, -0.05) is 458 Å². The number of hydrogen-bond donors (Lipinski definition) is 0. The predicted octanol–water partition coefficient (Wildman–Crippen LogP) is 36.1. The summed E-state index contributed by atoms with van der Waals surface area (Å²) < 4.78 is 2.37. The van der Waals surface area contributed by atoms with Crippen LogP contribution in [0, 0.1) is 0 Å². The van der Waals surface area contributed by atoms with E-state index in [-0.39, 0.29) is 10.8 Å². The van der Waals surface area contributed by atoms with Crippen LogP contribution in [0.1, 0.15) is 49.9 Å². The minimum atomic E-state index is -0.0864. The van der Waals surface area contributed by atoms with Crippen molar-refractivity contribution < 1.29 is 0 Å². The Labute approximate surface area is 850 Å². The van der Waals surface area contributed by atoms with E-state index in [4.69, 9.17) is 29.9 Å². The lowest BCUT2D eigenvalue weighted by Crippen LogP contribution is -2.16. The van der Waals surface area contributed by atoms with Crippen LogP contribution in [-0.4, -0.2) is 34.5 Å². The first-order valence-corrected chi connectivity index (χ1v) is 50.0. The molecule has 0 saturated heterocycles. The second kappa shape index (κ2) is 37.7. The molecule has 8 heteroatoms. The van der Waals surface area contributed by atoms with Crippen molar-refractivity contribution in [3.63, 3.8) is 0 Å². The Morgan fingerprint density at radius 1 is 0.164 bits per heavy atom. The maximum atomic E-state index is 5.08. The van der Waals surface area contributed by atoms with Crippen LogP contribution in [-0.2, 0) is 10.8 Å². The Morgan fingerprint density at radius 2 is 0.459 bits per heavy atom. The Balaban J connectivity index is 0.000000115. The van der Waals surface area contributed by atoms with Gasteiger partial charge in [-0.05, 0) is 235 Å². The summed E-state index contributed by atoms with van der Waals surface area (Å²) in [6.45, 7) is 9.36. The molecule has 0 radical (unpaired) electrons. The van der Waals surface area contributed by atoms with Gasteiger partial charge in [0.25, 0.3) is 0 Å². The molecule has 690 valence electrons.